The Balaban J connectivity index is 1.98. The molecule has 0 aliphatic carbocycles. The smallest absolute Gasteiger partial charge is 0.436 e. The lowest BCUT2D eigenvalue weighted by Crippen LogP contribution is -2.44. The number of hydrogen-bond donors (Lipinski definition) is 3. The maximum Gasteiger partial charge on any atom is 0.436 e. The quantitative estimate of drug-likeness (QED) is 0.531. The molecular formula is C18H13F8N5O3. The molecule has 8 nitrogen and oxygen atoms in total. The monoisotopic (exact) mass is 499 g/mol. The van der Waals surface area contributed by atoms with Crippen LogP contribution in [0.5, 0.6) is 5.88 Å². The molecule has 1 fully saturated rings. The van der Waals surface area contributed by atoms with Crippen LogP contribution >= 0.6 is 0 Å². The Labute approximate surface area is 184 Å². The first-order chi connectivity index (χ1) is 15.7. The van der Waals surface area contributed by atoms with E-state index in [9.17, 15) is 44.7 Å². The van der Waals surface area contributed by atoms with Gasteiger partial charge in [0.1, 0.15) is 6.04 Å². The van der Waals surface area contributed by atoms with E-state index in [0.29, 0.717) is 12.1 Å². The second-order valence-corrected chi connectivity index (χ2v) is 6.87. The first-order valence-electron chi connectivity index (χ1n) is 9.18. The summed E-state index contributed by atoms with van der Waals surface area (Å²) in [5, 5.41) is 6.74. The zero-order valence-corrected chi connectivity index (χ0v) is 16.5. The van der Waals surface area contributed by atoms with Crippen molar-refractivity contribution in [2.45, 2.75) is 24.4 Å². The van der Waals surface area contributed by atoms with E-state index in [1.807, 2.05) is 0 Å². The predicted molar refractivity (Wildman–Crippen MR) is 95.3 cm³/mol. The van der Waals surface area contributed by atoms with Crippen LogP contribution in [0.3, 0.4) is 0 Å². The van der Waals surface area contributed by atoms with Gasteiger partial charge in [-0.2, -0.15) is 26.3 Å². The molecule has 3 heterocycles. The third-order valence-corrected chi connectivity index (χ3v) is 4.34. The normalized spacial score (nSPS) is 17.1. The number of rotatable bonds is 6. The summed E-state index contributed by atoms with van der Waals surface area (Å²) in [5.74, 6) is -5.12. The molecule has 184 valence electrons. The largest absolute Gasteiger partial charge is 0.466 e. The van der Waals surface area contributed by atoms with Gasteiger partial charge >= 0.3 is 18.4 Å². The fraction of sp³-hybridized carbons (Fsp3) is 0.333. The molecule has 0 saturated carbocycles. The van der Waals surface area contributed by atoms with Crippen molar-refractivity contribution >= 4 is 11.9 Å². The molecule has 3 amide bonds. The van der Waals surface area contributed by atoms with Crippen LogP contribution in [0.2, 0.25) is 0 Å². The van der Waals surface area contributed by atoms with Crippen molar-refractivity contribution in [1.29, 1.82) is 0 Å². The molecule has 1 saturated heterocycles. The number of amides is 3. The number of carbonyl (C=O) groups excluding carboxylic acids is 2. The van der Waals surface area contributed by atoms with Gasteiger partial charge in [0.2, 0.25) is 5.91 Å². The second kappa shape index (κ2) is 9.26. The number of pyridine rings is 2. The maximum absolute atomic E-state index is 14.3. The fourth-order valence-electron chi connectivity index (χ4n) is 2.86. The van der Waals surface area contributed by atoms with E-state index in [4.69, 9.17) is 0 Å². The fourth-order valence-corrected chi connectivity index (χ4v) is 2.86. The number of alkyl halides is 6. The molecule has 3 N–H and O–H groups in total. The van der Waals surface area contributed by atoms with Crippen molar-refractivity contribution in [3.05, 3.63) is 53.0 Å². The van der Waals surface area contributed by atoms with Crippen molar-refractivity contribution in [3.63, 3.8) is 0 Å². The van der Waals surface area contributed by atoms with Crippen LogP contribution in [0.15, 0.2) is 24.4 Å². The van der Waals surface area contributed by atoms with Gasteiger partial charge < -0.3 is 20.7 Å². The van der Waals surface area contributed by atoms with Crippen molar-refractivity contribution in [2.24, 2.45) is 0 Å². The average molecular weight is 499 g/mol. The molecule has 2 aromatic rings. The summed E-state index contributed by atoms with van der Waals surface area (Å²) in [4.78, 5) is 30.3. The highest BCUT2D eigenvalue weighted by molar-refractivity contribution is 5.90. The second-order valence-electron chi connectivity index (χ2n) is 6.87. The predicted octanol–water partition coefficient (Wildman–Crippen LogP) is 2.60. The summed E-state index contributed by atoms with van der Waals surface area (Å²) in [6, 6.07) is -1.75. The van der Waals surface area contributed by atoms with Crippen LogP contribution in [0.1, 0.15) is 23.0 Å². The molecule has 0 aromatic carbocycles. The number of carbonyl (C=O) groups is 2. The topological polar surface area (TPSA) is 105 Å². The molecule has 1 aliphatic rings. The zero-order valence-electron chi connectivity index (χ0n) is 16.5. The minimum atomic E-state index is -5.21. The van der Waals surface area contributed by atoms with Crippen molar-refractivity contribution in [1.82, 2.24) is 25.9 Å². The van der Waals surface area contributed by atoms with E-state index in [2.05, 4.69) is 30.7 Å². The lowest BCUT2D eigenvalue weighted by Gasteiger charge is -2.22. The molecule has 1 aliphatic heterocycles. The van der Waals surface area contributed by atoms with Gasteiger partial charge in [0.25, 0.3) is 5.88 Å². The van der Waals surface area contributed by atoms with Crippen LogP contribution in [-0.2, 0) is 11.0 Å². The lowest BCUT2D eigenvalue weighted by atomic mass is 10.0. The molecular weight excluding hydrogens is 486 g/mol. The number of ether oxygens (including phenoxy) is 1. The lowest BCUT2D eigenvalue weighted by molar-refractivity contribution is -0.154. The van der Waals surface area contributed by atoms with Gasteiger partial charge in [0, 0.05) is 18.3 Å². The summed E-state index contributed by atoms with van der Waals surface area (Å²) in [6.07, 6.45) is -9.27. The van der Waals surface area contributed by atoms with Gasteiger partial charge in [0.15, 0.2) is 23.9 Å². The molecule has 0 unspecified atom stereocenters. The summed E-state index contributed by atoms with van der Waals surface area (Å²) in [7, 11) is 0. The highest BCUT2D eigenvalue weighted by atomic mass is 19.4. The Hall–Kier alpha value is -3.72. The first kappa shape index (κ1) is 24.9. The summed E-state index contributed by atoms with van der Waals surface area (Å²) in [5.41, 5.74) is -2.86. The van der Waals surface area contributed by atoms with E-state index in [1.54, 1.807) is 0 Å². The molecule has 0 spiro atoms. The minimum absolute atomic E-state index is 0.182. The van der Waals surface area contributed by atoms with Gasteiger partial charge in [-0.05, 0) is 18.2 Å². The van der Waals surface area contributed by atoms with Gasteiger partial charge in [-0.1, -0.05) is 0 Å². The van der Waals surface area contributed by atoms with Crippen LogP contribution in [0.25, 0.3) is 0 Å². The Morgan fingerprint density at radius 3 is 2.44 bits per heavy atom. The molecule has 16 heteroatoms. The Morgan fingerprint density at radius 2 is 1.88 bits per heavy atom. The number of urea groups is 1. The highest BCUT2D eigenvalue weighted by Gasteiger charge is 2.38. The third kappa shape index (κ3) is 5.99. The highest BCUT2D eigenvalue weighted by Crippen LogP contribution is 2.32. The zero-order chi connectivity index (χ0) is 25.3. The summed E-state index contributed by atoms with van der Waals surface area (Å²) < 4.78 is 108. The summed E-state index contributed by atoms with van der Waals surface area (Å²) in [6.45, 7) is -2.04. The minimum Gasteiger partial charge on any atom is -0.466 e. The van der Waals surface area contributed by atoms with E-state index < -0.39 is 71.9 Å². The standard InChI is InChI=1S/C18H13F8N5O3/c19-8-1-2-10(29-13(8)18(24,25)26)12(31-14(32)11-5-28-16(33)30-11)7-3-9(20)15(27-4-7)34-6-17(21,22)23/h1-4,11-12H,5-6H2,(H,31,32)(H2,28,30,33)/t11-,12-/m0/s1. The van der Waals surface area contributed by atoms with E-state index >= 15 is 0 Å². The first-order valence-corrected chi connectivity index (χ1v) is 9.18. The van der Waals surface area contributed by atoms with Crippen molar-refractivity contribution in [2.75, 3.05) is 13.2 Å². The van der Waals surface area contributed by atoms with Crippen LogP contribution in [0.4, 0.5) is 39.9 Å². The Bertz CT molecular complexity index is 1090. The third-order valence-electron chi connectivity index (χ3n) is 4.34. The van der Waals surface area contributed by atoms with Gasteiger partial charge in [-0.3, -0.25) is 4.79 Å². The molecule has 0 bridgehead atoms. The van der Waals surface area contributed by atoms with Gasteiger partial charge in [-0.15, -0.1) is 0 Å². The van der Waals surface area contributed by atoms with Crippen molar-refractivity contribution < 1.29 is 49.4 Å². The van der Waals surface area contributed by atoms with Crippen LogP contribution in [-0.4, -0.2) is 47.3 Å². The van der Waals surface area contributed by atoms with E-state index in [-0.39, 0.29) is 12.1 Å². The van der Waals surface area contributed by atoms with E-state index in [0.717, 1.165) is 12.3 Å². The summed E-state index contributed by atoms with van der Waals surface area (Å²) >= 11 is 0. The van der Waals surface area contributed by atoms with Gasteiger partial charge in [-0.25, -0.2) is 23.5 Å². The van der Waals surface area contributed by atoms with Crippen LogP contribution in [0, 0.1) is 11.6 Å². The number of nitrogens with zero attached hydrogens (tertiary/aromatic N) is 2. The maximum atomic E-state index is 14.3. The molecule has 0 radical (unpaired) electrons. The number of halogens is 8. The number of nitrogens with one attached hydrogen (secondary N) is 3. The molecule has 2 aromatic heterocycles. The van der Waals surface area contributed by atoms with Gasteiger partial charge in [0.05, 0.1) is 11.7 Å². The number of hydrogen-bond acceptors (Lipinski definition) is 5. The Kier molecular flexibility index (Phi) is 6.79. The van der Waals surface area contributed by atoms with Crippen molar-refractivity contribution in [3.8, 4) is 5.88 Å². The Morgan fingerprint density at radius 1 is 1.18 bits per heavy atom. The average Bonchev–Trinajstić information content (AvgIpc) is 3.16. The molecule has 34 heavy (non-hydrogen) atoms. The van der Waals surface area contributed by atoms with E-state index in [1.165, 1.54) is 0 Å². The van der Waals surface area contributed by atoms with Crippen LogP contribution < -0.4 is 20.7 Å². The molecule has 3 rings (SSSR count). The number of aromatic nitrogens is 2. The molecule has 2 atom stereocenters. The SMILES string of the molecule is O=C1NC[C@@H](C(=O)N[C@@H](c2cnc(OCC(F)(F)F)c(F)c2)c2ccc(F)c(C(F)(F)F)n2)N1.